The third kappa shape index (κ3) is 5.86. The molecule has 0 aromatic heterocycles. The lowest BCUT2D eigenvalue weighted by molar-refractivity contribution is -0.142. The van der Waals surface area contributed by atoms with Crippen molar-refractivity contribution in [2.24, 2.45) is 0 Å². The van der Waals surface area contributed by atoms with E-state index in [1.165, 1.54) is 0 Å². The zero-order valence-corrected chi connectivity index (χ0v) is 22.4. The molecule has 4 N–H and O–H groups in total. The van der Waals surface area contributed by atoms with Gasteiger partial charge in [0, 0.05) is 29.4 Å². The zero-order valence-electron chi connectivity index (χ0n) is 22.4. The molecular formula is C30H31N3O8. The van der Waals surface area contributed by atoms with Crippen LogP contribution in [0.15, 0.2) is 60.7 Å². The van der Waals surface area contributed by atoms with E-state index < -0.39 is 12.2 Å². The molecule has 11 nitrogen and oxygen atoms in total. The highest BCUT2D eigenvalue weighted by molar-refractivity contribution is 5.99. The van der Waals surface area contributed by atoms with Crippen LogP contribution in [0, 0.1) is 0 Å². The Kier molecular flexibility index (Phi) is 7.53. The third-order valence-corrected chi connectivity index (χ3v) is 7.44. The van der Waals surface area contributed by atoms with Crippen molar-refractivity contribution < 1.29 is 38.4 Å². The van der Waals surface area contributed by atoms with Gasteiger partial charge in [-0.05, 0) is 66.6 Å². The number of urea groups is 1. The van der Waals surface area contributed by atoms with Crippen LogP contribution in [0.2, 0.25) is 0 Å². The average molecular weight is 562 g/mol. The molecular weight excluding hydrogens is 530 g/mol. The van der Waals surface area contributed by atoms with E-state index in [-0.39, 0.29) is 43.8 Å². The molecule has 1 saturated heterocycles. The lowest BCUT2D eigenvalue weighted by Gasteiger charge is -2.37. The number of hydrogen-bond acceptors (Lipinski definition) is 8. The van der Waals surface area contributed by atoms with Gasteiger partial charge >= 0.3 is 6.03 Å². The quantitative estimate of drug-likeness (QED) is 0.326. The van der Waals surface area contributed by atoms with E-state index in [1.807, 2.05) is 24.3 Å². The van der Waals surface area contributed by atoms with Crippen molar-refractivity contribution >= 4 is 23.3 Å². The molecule has 3 amide bonds. The Morgan fingerprint density at radius 3 is 2.51 bits per heavy atom. The molecule has 0 spiro atoms. The molecule has 0 bridgehead atoms. The smallest absolute Gasteiger partial charge is 0.323 e. The van der Waals surface area contributed by atoms with Crippen molar-refractivity contribution in [1.82, 2.24) is 5.32 Å². The Morgan fingerprint density at radius 2 is 1.71 bits per heavy atom. The molecule has 3 aromatic carbocycles. The Bertz CT molecular complexity index is 1430. The van der Waals surface area contributed by atoms with Crippen LogP contribution in [0.3, 0.4) is 0 Å². The number of carbonyl (C=O) groups excluding carboxylic acids is 2. The summed E-state index contributed by atoms with van der Waals surface area (Å²) in [5.74, 6) is 2.46. The van der Waals surface area contributed by atoms with Gasteiger partial charge in [-0.15, -0.1) is 0 Å². The van der Waals surface area contributed by atoms with E-state index in [4.69, 9.17) is 23.7 Å². The third-order valence-electron chi connectivity index (χ3n) is 7.44. The highest BCUT2D eigenvalue weighted by Gasteiger charge is 2.46. The van der Waals surface area contributed by atoms with Crippen LogP contribution >= 0.6 is 0 Å². The predicted molar refractivity (Wildman–Crippen MR) is 149 cm³/mol. The van der Waals surface area contributed by atoms with Crippen LogP contribution in [0.25, 0.3) is 0 Å². The van der Waals surface area contributed by atoms with Crippen molar-refractivity contribution in [1.29, 1.82) is 0 Å². The summed E-state index contributed by atoms with van der Waals surface area (Å²) < 4.78 is 28.1. The molecule has 3 aliphatic heterocycles. The molecule has 4 atom stereocenters. The number of methoxy groups -OCH3 is 1. The van der Waals surface area contributed by atoms with Gasteiger partial charge in [-0.2, -0.15) is 0 Å². The number of aliphatic hydroxyl groups is 1. The summed E-state index contributed by atoms with van der Waals surface area (Å²) in [4.78, 5) is 25.4. The number of rotatable bonds is 8. The lowest BCUT2D eigenvalue weighted by Crippen LogP contribution is -2.47. The lowest BCUT2D eigenvalue weighted by atomic mass is 9.84. The van der Waals surface area contributed by atoms with Crippen LogP contribution in [0.1, 0.15) is 29.9 Å². The van der Waals surface area contributed by atoms with Crippen molar-refractivity contribution in [2.75, 3.05) is 31.1 Å². The molecule has 1 fully saturated rings. The Hall–Kier alpha value is -4.48. The summed E-state index contributed by atoms with van der Waals surface area (Å²) in [5, 5.41) is 18.6. The van der Waals surface area contributed by atoms with Gasteiger partial charge in [-0.3, -0.25) is 4.79 Å². The van der Waals surface area contributed by atoms with Gasteiger partial charge < -0.3 is 44.7 Å². The highest BCUT2D eigenvalue weighted by Crippen LogP contribution is 2.47. The maximum absolute atomic E-state index is 12.8. The maximum atomic E-state index is 12.8. The van der Waals surface area contributed by atoms with Gasteiger partial charge in [0.2, 0.25) is 12.7 Å². The minimum absolute atomic E-state index is 0.103. The number of ether oxygens (including phenoxy) is 5. The largest absolute Gasteiger partial charge is 0.497 e. The predicted octanol–water partition coefficient (Wildman–Crippen LogP) is 3.77. The van der Waals surface area contributed by atoms with Crippen molar-refractivity contribution in [3.05, 3.63) is 71.8 Å². The first kappa shape index (κ1) is 26.7. The number of anilines is 2. The van der Waals surface area contributed by atoms with Gasteiger partial charge in [-0.1, -0.05) is 6.07 Å². The molecule has 214 valence electrons. The number of amides is 3. The summed E-state index contributed by atoms with van der Waals surface area (Å²) >= 11 is 0. The number of fused-ring (bicyclic) bond motifs is 4. The second-order valence-electron chi connectivity index (χ2n) is 10.1. The number of benzene rings is 3. The van der Waals surface area contributed by atoms with Crippen molar-refractivity contribution in [3.63, 3.8) is 0 Å². The van der Waals surface area contributed by atoms with Crippen LogP contribution in [0.5, 0.6) is 23.0 Å². The highest BCUT2D eigenvalue weighted by atomic mass is 16.7. The molecule has 3 aromatic rings. The fourth-order valence-corrected chi connectivity index (χ4v) is 5.47. The van der Waals surface area contributed by atoms with Crippen molar-refractivity contribution in [3.8, 4) is 23.0 Å². The molecule has 3 aliphatic rings. The molecule has 3 heterocycles. The van der Waals surface area contributed by atoms with Gasteiger partial charge in [0.25, 0.3) is 0 Å². The Labute approximate surface area is 236 Å². The zero-order chi connectivity index (χ0) is 28.3. The maximum Gasteiger partial charge on any atom is 0.323 e. The SMILES string of the molecule is COc1ccc(NC(=O)Nc2ccc3c(c2)[C@H]2C[C@@H](CC(=O)NCc4ccc5c(c4)OCO5)O[C@@H](CO)[C@H]2O3)cc1. The molecule has 6 rings (SSSR count). The van der Waals surface area contributed by atoms with Crippen LogP contribution in [-0.4, -0.2) is 55.9 Å². The van der Waals surface area contributed by atoms with E-state index >= 15 is 0 Å². The van der Waals surface area contributed by atoms with Gasteiger partial charge in [-0.25, -0.2) is 4.79 Å². The Balaban J connectivity index is 1.08. The van der Waals surface area contributed by atoms with Gasteiger partial charge in [0.15, 0.2) is 11.5 Å². The topological polar surface area (TPSA) is 137 Å². The molecule has 0 unspecified atom stereocenters. The fourth-order valence-electron chi connectivity index (χ4n) is 5.47. The molecule has 41 heavy (non-hydrogen) atoms. The van der Waals surface area contributed by atoms with E-state index in [0.29, 0.717) is 47.3 Å². The van der Waals surface area contributed by atoms with Crippen molar-refractivity contribution in [2.45, 2.75) is 43.6 Å². The van der Waals surface area contributed by atoms with Crippen LogP contribution in [0.4, 0.5) is 16.2 Å². The van der Waals surface area contributed by atoms with Gasteiger partial charge in [0.1, 0.15) is 23.7 Å². The second kappa shape index (κ2) is 11.6. The number of nitrogens with one attached hydrogen (secondary N) is 3. The summed E-state index contributed by atoms with van der Waals surface area (Å²) in [5.41, 5.74) is 3.03. The van der Waals surface area contributed by atoms with E-state index in [0.717, 1.165) is 11.1 Å². The first-order chi connectivity index (χ1) is 20.0. The summed E-state index contributed by atoms with van der Waals surface area (Å²) in [6, 6.07) is 17.6. The second-order valence-corrected chi connectivity index (χ2v) is 10.1. The normalized spacial score (nSPS) is 21.7. The molecule has 0 saturated carbocycles. The van der Waals surface area contributed by atoms with E-state index in [1.54, 1.807) is 43.5 Å². The number of aliphatic hydroxyl groups excluding tert-OH is 1. The number of hydrogen-bond donors (Lipinski definition) is 4. The summed E-state index contributed by atoms with van der Waals surface area (Å²) in [7, 11) is 1.58. The summed E-state index contributed by atoms with van der Waals surface area (Å²) in [6.45, 7) is 0.302. The minimum Gasteiger partial charge on any atom is -0.497 e. The van der Waals surface area contributed by atoms with Crippen LogP contribution in [-0.2, 0) is 16.1 Å². The number of carbonyl (C=O) groups is 2. The minimum atomic E-state index is -0.581. The first-order valence-corrected chi connectivity index (χ1v) is 13.4. The first-order valence-electron chi connectivity index (χ1n) is 13.4. The van der Waals surface area contributed by atoms with Crippen LogP contribution < -0.4 is 34.9 Å². The fraction of sp³-hybridized carbons (Fsp3) is 0.333. The Morgan fingerprint density at radius 1 is 0.951 bits per heavy atom. The van der Waals surface area contributed by atoms with E-state index in [2.05, 4.69) is 16.0 Å². The molecule has 11 heteroatoms. The molecule has 0 aliphatic carbocycles. The van der Waals surface area contributed by atoms with E-state index in [9.17, 15) is 14.7 Å². The molecule has 0 radical (unpaired) electrons. The monoisotopic (exact) mass is 561 g/mol. The summed E-state index contributed by atoms with van der Waals surface area (Å²) in [6.07, 6.45) is -0.696. The standard InChI is InChI=1S/C30H31N3O8/c1-37-20-6-3-18(4-7-20)32-30(36)33-19-5-9-24-22(11-19)23-12-21(40-27(15-34)29(23)41-24)13-28(35)31-14-17-2-8-25-26(10-17)39-16-38-25/h2-11,21,23,27,29,34H,12-16H2,1H3,(H,31,35)(H2,32,33,36)/t21-,23+,27-,29-/m0/s1. The average Bonchev–Trinajstić information content (AvgIpc) is 3.60. The van der Waals surface area contributed by atoms with Gasteiger partial charge in [0.05, 0.1) is 26.2 Å².